The number of aromatic nitrogens is 2. The van der Waals surface area contributed by atoms with E-state index in [4.69, 9.17) is 5.26 Å². The molecule has 7 heteroatoms. The van der Waals surface area contributed by atoms with Gasteiger partial charge in [0.15, 0.2) is 0 Å². The van der Waals surface area contributed by atoms with Gasteiger partial charge in [0.2, 0.25) is 5.95 Å². The summed E-state index contributed by atoms with van der Waals surface area (Å²) in [5.74, 6) is -0.182. The van der Waals surface area contributed by atoms with Crippen LogP contribution in [0.25, 0.3) is 0 Å². The number of carbonyl (C=O) groups excluding carboxylic acids is 1. The van der Waals surface area contributed by atoms with Crippen molar-refractivity contribution in [1.82, 2.24) is 9.97 Å². The average molecular weight is 295 g/mol. The van der Waals surface area contributed by atoms with E-state index in [-0.39, 0.29) is 17.3 Å². The number of hydrogen-bond donors (Lipinski definition) is 3. The van der Waals surface area contributed by atoms with Crippen LogP contribution in [-0.2, 0) is 4.79 Å². The van der Waals surface area contributed by atoms with Crippen LogP contribution < -0.4 is 10.6 Å². The molecular formula is C15H13N5O2. The molecule has 1 aromatic carbocycles. The van der Waals surface area contributed by atoms with E-state index in [2.05, 4.69) is 20.6 Å². The number of carbonyl (C=O) groups is 1. The van der Waals surface area contributed by atoms with Gasteiger partial charge in [-0.1, -0.05) is 0 Å². The third-order valence-electron chi connectivity index (χ3n) is 2.73. The molecule has 0 aliphatic carbocycles. The number of aromatic hydroxyl groups is 1. The summed E-state index contributed by atoms with van der Waals surface area (Å²) in [4.78, 5) is 19.9. The van der Waals surface area contributed by atoms with E-state index in [0.29, 0.717) is 11.3 Å². The number of phenolic OH excluding ortho intramolecular Hbond substituents is 1. The second kappa shape index (κ2) is 6.85. The standard InChI is InChI=1S/C15H13N5O2/c1-10-7-12(21)3-4-13(10)20-14(22)11(8-16)9-19-15-17-5-2-6-18-15/h2-7,9,21H,1H3,(H,20,22)(H,17,18,19)/b11-9-. The highest BCUT2D eigenvalue weighted by molar-refractivity contribution is 6.07. The Morgan fingerprint density at radius 1 is 1.36 bits per heavy atom. The summed E-state index contributed by atoms with van der Waals surface area (Å²) in [6.07, 6.45) is 4.31. The topological polar surface area (TPSA) is 111 Å². The lowest BCUT2D eigenvalue weighted by Crippen LogP contribution is -2.15. The summed E-state index contributed by atoms with van der Waals surface area (Å²) in [5, 5.41) is 23.7. The monoisotopic (exact) mass is 295 g/mol. The summed E-state index contributed by atoms with van der Waals surface area (Å²) in [6, 6.07) is 7.99. The highest BCUT2D eigenvalue weighted by Crippen LogP contribution is 2.20. The largest absolute Gasteiger partial charge is 0.508 e. The third-order valence-corrected chi connectivity index (χ3v) is 2.73. The van der Waals surface area contributed by atoms with Gasteiger partial charge in [0.25, 0.3) is 5.91 Å². The maximum atomic E-state index is 12.1. The number of nitrogens with one attached hydrogen (secondary N) is 2. The van der Waals surface area contributed by atoms with Crippen LogP contribution in [0.15, 0.2) is 48.4 Å². The lowest BCUT2D eigenvalue weighted by molar-refractivity contribution is -0.112. The molecule has 2 aromatic rings. The molecule has 1 heterocycles. The number of hydrogen-bond acceptors (Lipinski definition) is 6. The number of rotatable bonds is 4. The summed E-state index contributed by atoms with van der Waals surface area (Å²) < 4.78 is 0. The molecule has 2 rings (SSSR count). The van der Waals surface area contributed by atoms with Gasteiger partial charge in [-0.2, -0.15) is 5.26 Å². The van der Waals surface area contributed by atoms with Crippen molar-refractivity contribution in [2.75, 3.05) is 10.6 Å². The molecule has 0 radical (unpaired) electrons. The second-order valence-electron chi connectivity index (χ2n) is 4.34. The van der Waals surface area contributed by atoms with Gasteiger partial charge in [0.1, 0.15) is 17.4 Å². The van der Waals surface area contributed by atoms with E-state index in [0.717, 1.165) is 0 Å². The number of benzene rings is 1. The Kier molecular flexibility index (Phi) is 4.67. The summed E-state index contributed by atoms with van der Waals surface area (Å²) >= 11 is 0. The van der Waals surface area contributed by atoms with Gasteiger partial charge in [0, 0.05) is 24.3 Å². The minimum atomic E-state index is -0.570. The van der Waals surface area contributed by atoms with E-state index in [1.165, 1.54) is 30.7 Å². The minimum Gasteiger partial charge on any atom is -0.508 e. The van der Waals surface area contributed by atoms with Crippen molar-refractivity contribution in [3.05, 3.63) is 54.0 Å². The fourth-order valence-electron chi connectivity index (χ4n) is 1.64. The van der Waals surface area contributed by atoms with Crippen LogP contribution in [0.5, 0.6) is 5.75 Å². The minimum absolute atomic E-state index is 0.106. The predicted octanol–water partition coefficient (Wildman–Crippen LogP) is 1.95. The predicted molar refractivity (Wildman–Crippen MR) is 80.8 cm³/mol. The number of phenols is 1. The second-order valence-corrected chi connectivity index (χ2v) is 4.34. The van der Waals surface area contributed by atoms with Crippen LogP contribution in [0.2, 0.25) is 0 Å². The molecule has 7 nitrogen and oxygen atoms in total. The van der Waals surface area contributed by atoms with Crippen LogP contribution in [0.4, 0.5) is 11.6 Å². The number of aryl methyl sites for hydroxylation is 1. The molecule has 0 bridgehead atoms. The van der Waals surface area contributed by atoms with Crippen molar-refractivity contribution < 1.29 is 9.90 Å². The van der Waals surface area contributed by atoms with E-state index in [9.17, 15) is 9.90 Å². The first-order valence-electron chi connectivity index (χ1n) is 6.35. The molecule has 0 unspecified atom stereocenters. The lowest BCUT2D eigenvalue weighted by atomic mass is 10.2. The zero-order chi connectivity index (χ0) is 15.9. The van der Waals surface area contributed by atoms with E-state index < -0.39 is 5.91 Å². The SMILES string of the molecule is Cc1cc(O)ccc1NC(=O)/C(C#N)=C\Nc1ncccn1. The van der Waals surface area contributed by atoms with Crippen LogP contribution in [0.1, 0.15) is 5.56 Å². The number of nitrogens with zero attached hydrogens (tertiary/aromatic N) is 3. The van der Waals surface area contributed by atoms with Crippen LogP contribution in [-0.4, -0.2) is 21.0 Å². The average Bonchev–Trinajstić information content (AvgIpc) is 2.52. The van der Waals surface area contributed by atoms with Crippen molar-refractivity contribution in [3.8, 4) is 11.8 Å². The molecule has 110 valence electrons. The first kappa shape index (κ1) is 15.0. The Bertz CT molecular complexity index is 750. The molecule has 0 fully saturated rings. The number of nitriles is 1. The van der Waals surface area contributed by atoms with Gasteiger partial charge in [-0.3, -0.25) is 4.79 Å². The van der Waals surface area contributed by atoms with Crippen LogP contribution >= 0.6 is 0 Å². The quantitative estimate of drug-likeness (QED) is 0.451. The van der Waals surface area contributed by atoms with E-state index in [1.54, 1.807) is 25.1 Å². The summed E-state index contributed by atoms with van der Waals surface area (Å²) in [7, 11) is 0. The molecule has 1 aromatic heterocycles. The van der Waals surface area contributed by atoms with Crippen molar-refractivity contribution >= 4 is 17.5 Å². The zero-order valence-electron chi connectivity index (χ0n) is 11.7. The van der Waals surface area contributed by atoms with E-state index in [1.807, 2.05) is 0 Å². The Hall–Kier alpha value is -3.40. The molecule has 0 saturated heterocycles. The van der Waals surface area contributed by atoms with E-state index >= 15 is 0 Å². The molecule has 0 saturated carbocycles. The Balaban J connectivity index is 2.10. The van der Waals surface area contributed by atoms with Gasteiger partial charge < -0.3 is 15.7 Å². The molecule has 0 aliphatic rings. The first-order chi connectivity index (χ1) is 10.6. The third kappa shape index (κ3) is 3.80. The summed E-state index contributed by atoms with van der Waals surface area (Å²) in [6.45, 7) is 1.74. The molecular weight excluding hydrogens is 282 g/mol. The molecule has 3 N–H and O–H groups in total. The highest BCUT2D eigenvalue weighted by atomic mass is 16.3. The van der Waals surface area contributed by atoms with Crippen LogP contribution in [0, 0.1) is 18.3 Å². The molecule has 22 heavy (non-hydrogen) atoms. The van der Waals surface area contributed by atoms with Crippen molar-refractivity contribution in [3.63, 3.8) is 0 Å². The smallest absolute Gasteiger partial charge is 0.267 e. The van der Waals surface area contributed by atoms with Crippen molar-refractivity contribution in [1.29, 1.82) is 5.26 Å². The van der Waals surface area contributed by atoms with Gasteiger partial charge in [-0.15, -0.1) is 0 Å². The summed E-state index contributed by atoms with van der Waals surface area (Å²) in [5.41, 5.74) is 1.07. The van der Waals surface area contributed by atoms with Gasteiger partial charge >= 0.3 is 0 Å². The Morgan fingerprint density at radius 3 is 2.73 bits per heavy atom. The maximum absolute atomic E-state index is 12.1. The number of amides is 1. The van der Waals surface area contributed by atoms with Crippen molar-refractivity contribution in [2.45, 2.75) is 6.92 Å². The van der Waals surface area contributed by atoms with Gasteiger partial charge in [-0.25, -0.2) is 9.97 Å². The fourth-order valence-corrected chi connectivity index (χ4v) is 1.64. The molecule has 1 amide bonds. The lowest BCUT2D eigenvalue weighted by Gasteiger charge is -2.08. The Labute approximate surface area is 127 Å². The maximum Gasteiger partial charge on any atom is 0.267 e. The number of anilines is 2. The first-order valence-corrected chi connectivity index (χ1v) is 6.35. The zero-order valence-corrected chi connectivity index (χ0v) is 11.7. The Morgan fingerprint density at radius 2 is 2.09 bits per heavy atom. The van der Waals surface area contributed by atoms with Crippen LogP contribution in [0.3, 0.4) is 0 Å². The van der Waals surface area contributed by atoms with Gasteiger partial charge in [0.05, 0.1) is 0 Å². The fraction of sp³-hybridized carbons (Fsp3) is 0.0667. The molecule has 0 atom stereocenters. The molecule has 0 aliphatic heterocycles. The highest BCUT2D eigenvalue weighted by Gasteiger charge is 2.11. The molecule has 0 spiro atoms. The van der Waals surface area contributed by atoms with Gasteiger partial charge in [-0.05, 0) is 36.8 Å². The van der Waals surface area contributed by atoms with Crippen molar-refractivity contribution in [2.24, 2.45) is 0 Å². The normalized spacial score (nSPS) is 10.6.